The highest BCUT2D eigenvalue weighted by molar-refractivity contribution is 6.14. The van der Waals surface area contributed by atoms with Crippen LogP contribution < -0.4 is 15.4 Å². The van der Waals surface area contributed by atoms with Crippen molar-refractivity contribution in [2.45, 2.75) is 6.92 Å². The zero-order valence-electron chi connectivity index (χ0n) is 15.9. The third-order valence-corrected chi connectivity index (χ3v) is 4.28. The topological polar surface area (TPSA) is 67.4 Å². The highest BCUT2D eigenvalue weighted by Gasteiger charge is 2.15. The number of ketones is 1. The Hall–Kier alpha value is -3.60. The average molecular weight is 374 g/mol. The smallest absolute Gasteiger partial charge is 0.243 e. The van der Waals surface area contributed by atoms with Gasteiger partial charge in [0.2, 0.25) is 5.91 Å². The van der Waals surface area contributed by atoms with E-state index in [4.69, 9.17) is 4.74 Å². The number of hydrogen-bond acceptors (Lipinski definition) is 4. The maximum Gasteiger partial charge on any atom is 0.243 e. The fourth-order valence-electron chi connectivity index (χ4n) is 2.87. The van der Waals surface area contributed by atoms with Crippen molar-refractivity contribution in [3.63, 3.8) is 0 Å². The number of aryl methyl sites for hydroxylation is 1. The summed E-state index contributed by atoms with van der Waals surface area (Å²) in [7, 11) is 1.58. The van der Waals surface area contributed by atoms with Gasteiger partial charge in [-0.25, -0.2) is 0 Å². The Labute approximate surface area is 164 Å². The lowest BCUT2D eigenvalue weighted by atomic mass is 10.0. The van der Waals surface area contributed by atoms with Crippen molar-refractivity contribution in [3.8, 4) is 5.75 Å². The van der Waals surface area contributed by atoms with Crippen molar-refractivity contribution < 1.29 is 14.3 Å². The van der Waals surface area contributed by atoms with E-state index in [1.165, 1.54) is 0 Å². The van der Waals surface area contributed by atoms with Crippen molar-refractivity contribution in [2.75, 3.05) is 24.3 Å². The summed E-state index contributed by atoms with van der Waals surface area (Å²) in [6.07, 6.45) is 0. The van der Waals surface area contributed by atoms with Crippen molar-refractivity contribution in [2.24, 2.45) is 0 Å². The van der Waals surface area contributed by atoms with Crippen LogP contribution in [0.3, 0.4) is 0 Å². The Morgan fingerprint density at radius 1 is 0.893 bits per heavy atom. The molecular formula is C23H22N2O3. The SMILES string of the molecule is COc1ccc(C)cc1NCC(=O)Nc1ccccc1C(=O)c1ccccc1. The van der Waals surface area contributed by atoms with E-state index in [9.17, 15) is 9.59 Å². The van der Waals surface area contributed by atoms with Gasteiger partial charge >= 0.3 is 0 Å². The highest BCUT2D eigenvalue weighted by atomic mass is 16.5. The molecule has 0 heterocycles. The lowest BCUT2D eigenvalue weighted by Crippen LogP contribution is -2.23. The first-order valence-corrected chi connectivity index (χ1v) is 8.95. The zero-order chi connectivity index (χ0) is 19.9. The summed E-state index contributed by atoms with van der Waals surface area (Å²) < 4.78 is 5.31. The van der Waals surface area contributed by atoms with Crippen LogP contribution in [-0.4, -0.2) is 25.3 Å². The number of anilines is 2. The number of para-hydroxylation sites is 1. The van der Waals surface area contributed by atoms with Gasteiger partial charge in [0.1, 0.15) is 5.75 Å². The van der Waals surface area contributed by atoms with Crippen LogP contribution >= 0.6 is 0 Å². The molecule has 5 heteroatoms. The summed E-state index contributed by atoms with van der Waals surface area (Å²) in [5.41, 5.74) is 3.31. The largest absolute Gasteiger partial charge is 0.495 e. The number of benzene rings is 3. The number of methoxy groups -OCH3 is 1. The van der Waals surface area contributed by atoms with Gasteiger partial charge in [0.25, 0.3) is 0 Å². The summed E-state index contributed by atoms with van der Waals surface area (Å²) in [4.78, 5) is 25.2. The molecule has 0 aliphatic rings. The summed E-state index contributed by atoms with van der Waals surface area (Å²) in [5, 5.41) is 5.90. The summed E-state index contributed by atoms with van der Waals surface area (Å²) in [5.74, 6) is 0.278. The minimum absolute atomic E-state index is 0.0493. The van der Waals surface area contributed by atoms with Gasteiger partial charge in [0, 0.05) is 11.1 Å². The van der Waals surface area contributed by atoms with Crippen LogP contribution in [-0.2, 0) is 4.79 Å². The van der Waals surface area contributed by atoms with Crippen molar-refractivity contribution in [1.82, 2.24) is 0 Å². The lowest BCUT2D eigenvalue weighted by molar-refractivity contribution is -0.114. The summed E-state index contributed by atoms with van der Waals surface area (Å²) in [6, 6.07) is 21.7. The van der Waals surface area contributed by atoms with E-state index >= 15 is 0 Å². The van der Waals surface area contributed by atoms with Crippen molar-refractivity contribution in [3.05, 3.63) is 89.5 Å². The molecule has 1 amide bonds. The molecule has 28 heavy (non-hydrogen) atoms. The molecule has 3 aromatic carbocycles. The molecule has 5 nitrogen and oxygen atoms in total. The Kier molecular flexibility index (Phi) is 6.07. The molecule has 2 N–H and O–H groups in total. The molecule has 142 valence electrons. The van der Waals surface area contributed by atoms with E-state index in [1.807, 2.05) is 43.3 Å². The van der Waals surface area contributed by atoms with Crippen molar-refractivity contribution in [1.29, 1.82) is 0 Å². The van der Waals surface area contributed by atoms with E-state index in [2.05, 4.69) is 10.6 Å². The monoisotopic (exact) mass is 374 g/mol. The third-order valence-electron chi connectivity index (χ3n) is 4.28. The second kappa shape index (κ2) is 8.86. The molecule has 0 fully saturated rings. The summed E-state index contributed by atoms with van der Waals surface area (Å²) >= 11 is 0. The molecule has 0 aromatic heterocycles. The van der Waals surface area contributed by atoms with Crippen LogP contribution in [0.15, 0.2) is 72.8 Å². The minimum atomic E-state index is -0.253. The van der Waals surface area contributed by atoms with Gasteiger partial charge < -0.3 is 15.4 Å². The second-order valence-corrected chi connectivity index (χ2v) is 6.35. The molecule has 0 unspecified atom stereocenters. The molecule has 0 saturated carbocycles. The van der Waals surface area contributed by atoms with Gasteiger partial charge in [0.05, 0.1) is 25.0 Å². The molecule has 0 atom stereocenters. The van der Waals surface area contributed by atoms with Gasteiger partial charge in [-0.15, -0.1) is 0 Å². The fraction of sp³-hybridized carbons (Fsp3) is 0.130. The Balaban J connectivity index is 1.72. The van der Waals surface area contributed by atoms with Crippen LogP contribution in [0.2, 0.25) is 0 Å². The molecule has 3 aromatic rings. The predicted octanol–water partition coefficient (Wildman–Crippen LogP) is 4.29. The molecule has 3 rings (SSSR count). The standard InChI is InChI=1S/C23H22N2O3/c1-16-12-13-21(28-2)20(14-16)24-15-22(26)25-19-11-7-6-10-18(19)23(27)17-8-4-3-5-9-17/h3-14,24H,15H2,1-2H3,(H,25,26). The first-order chi connectivity index (χ1) is 13.6. The number of carbonyl (C=O) groups excluding carboxylic acids is 2. The fourth-order valence-corrected chi connectivity index (χ4v) is 2.87. The molecule has 0 bridgehead atoms. The number of nitrogens with one attached hydrogen (secondary N) is 2. The molecule has 0 spiro atoms. The van der Waals surface area contributed by atoms with E-state index in [0.29, 0.717) is 22.6 Å². The number of ether oxygens (including phenoxy) is 1. The second-order valence-electron chi connectivity index (χ2n) is 6.35. The van der Waals surface area contributed by atoms with Crippen LogP contribution in [0.1, 0.15) is 21.5 Å². The zero-order valence-corrected chi connectivity index (χ0v) is 15.9. The minimum Gasteiger partial charge on any atom is -0.495 e. The Bertz CT molecular complexity index is 984. The number of carbonyl (C=O) groups is 2. The first-order valence-electron chi connectivity index (χ1n) is 8.95. The normalized spacial score (nSPS) is 10.2. The van der Waals surface area contributed by atoms with Gasteiger partial charge in [-0.1, -0.05) is 48.5 Å². The quantitative estimate of drug-likeness (QED) is 0.606. The molecular weight excluding hydrogens is 352 g/mol. The highest BCUT2D eigenvalue weighted by Crippen LogP contribution is 2.25. The van der Waals surface area contributed by atoms with Crippen LogP contribution in [0, 0.1) is 6.92 Å². The molecule has 0 aliphatic carbocycles. The van der Waals surface area contributed by atoms with Crippen LogP contribution in [0.5, 0.6) is 5.75 Å². The van der Waals surface area contributed by atoms with Crippen molar-refractivity contribution >= 4 is 23.1 Å². The molecule has 0 radical (unpaired) electrons. The molecule has 0 saturated heterocycles. The Morgan fingerprint density at radius 2 is 1.61 bits per heavy atom. The van der Waals surface area contributed by atoms with Crippen LogP contribution in [0.4, 0.5) is 11.4 Å². The number of rotatable bonds is 7. The van der Waals surface area contributed by atoms with E-state index in [-0.39, 0.29) is 18.2 Å². The van der Waals surface area contributed by atoms with E-state index in [0.717, 1.165) is 11.3 Å². The summed E-state index contributed by atoms with van der Waals surface area (Å²) in [6.45, 7) is 2.02. The van der Waals surface area contributed by atoms with Gasteiger partial charge in [-0.05, 0) is 36.8 Å². The Morgan fingerprint density at radius 3 is 2.36 bits per heavy atom. The third kappa shape index (κ3) is 4.57. The average Bonchev–Trinajstić information content (AvgIpc) is 2.73. The van der Waals surface area contributed by atoms with E-state index in [1.54, 1.807) is 43.5 Å². The first kappa shape index (κ1) is 19.2. The predicted molar refractivity (Wildman–Crippen MR) is 111 cm³/mol. The van der Waals surface area contributed by atoms with E-state index < -0.39 is 0 Å². The molecule has 0 aliphatic heterocycles. The number of amides is 1. The van der Waals surface area contributed by atoms with Crippen LogP contribution in [0.25, 0.3) is 0 Å². The van der Waals surface area contributed by atoms with Gasteiger partial charge in [-0.3, -0.25) is 9.59 Å². The lowest BCUT2D eigenvalue weighted by Gasteiger charge is -2.13. The maximum atomic E-state index is 12.8. The number of hydrogen-bond donors (Lipinski definition) is 2. The van der Waals surface area contributed by atoms with Gasteiger partial charge in [-0.2, -0.15) is 0 Å². The maximum absolute atomic E-state index is 12.8. The van der Waals surface area contributed by atoms with Gasteiger partial charge in [0.15, 0.2) is 5.78 Å².